The van der Waals surface area contributed by atoms with E-state index in [2.05, 4.69) is 4.72 Å². The van der Waals surface area contributed by atoms with Crippen LogP contribution in [0.25, 0.3) is 0 Å². The molecule has 0 bridgehead atoms. The maximum atomic E-state index is 12.6. The quantitative estimate of drug-likeness (QED) is 0.806. The molecular weight excluding hydrogens is 353 g/mol. The summed E-state index contributed by atoms with van der Waals surface area (Å²) in [4.78, 5) is -0.00110. The summed E-state index contributed by atoms with van der Waals surface area (Å²) in [5, 5.41) is 9.54. The zero-order valence-electron chi connectivity index (χ0n) is 12.3. The molecule has 0 aliphatic rings. The van der Waals surface area contributed by atoms with Gasteiger partial charge in [0.1, 0.15) is 4.90 Å². The predicted octanol–water partition coefficient (Wildman–Crippen LogP) is 3.00. The summed E-state index contributed by atoms with van der Waals surface area (Å²) < 4.78 is 27.7. The number of aryl methyl sites for hydroxylation is 1. The molecule has 0 spiro atoms. The third-order valence-corrected chi connectivity index (χ3v) is 7.12. The number of aliphatic hydroxyl groups is 1. The summed E-state index contributed by atoms with van der Waals surface area (Å²) in [5.41, 5.74) is 1.01. The van der Waals surface area contributed by atoms with Gasteiger partial charge in [-0.2, -0.15) is 11.8 Å². The molecule has 0 aliphatic carbocycles. The first kappa shape index (κ1) is 19.1. The van der Waals surface area contributed by atoms with Crippen LogP contribution in [0, 0.1) is 13.8 Å². The van der Waals surface area contributed by atoms with Gasteiger partial charge in [-0.05, 0) is 44.2 Å². The lowest BCUT2D eigenvalue weighted by Gasteiger charge is -2.22. The molecule has 1 rings (SSSR count). The normalized spacial score (nSPS) is 15.0. The van der Waals surface area contributed by atoms with Gasteiger partial charge >= 0.3 is 0 Å². The number of benzene rings is 1. The predicted molar refractivity (Wildman–Crippen MR) is 90.1 cm³/mol. The highest BCUT2D eigenvalue weighted by molar-refractivity contribution is 7.99. The average Bonchev–Trinajstić information content (AvgIpc) is 2.37. The van der Waals surface area contributed by atoms with E-state index in [4.69, 9.17) is 23.2 Å². The summed E-state index contributed by atoms with van der Waals surface area (Å²) in [6, 6.07) is 1.20. The minimum absolute atomic E-state index is 0.00110. The summed E-state index contributed by atoms with van der Waals surface area (Å²) in [5.74, 6) is 0. The largest absolute Gasteiger partial charge is 0.395 e. The molecule has 0 heterocycles. The first-order valence-electron chi connectivity index (χ1n) is 6.26. The Kier molecular flexibility index (Phi) is 6.83. The molecule has 1 aromatic rings. The van der Waals surface area contributed by atoms with Crippen molar-refractivity contribution >= 4 is 45.0 Å². The second-order valence-electron chi connectivity index (χ2n) is 4.81. The van der Waals surface area contributed by atoms with Crippen LogP contribution in [0.3, 0.4) is 0 Å². The molecule has 0 fully saturated rings. The Morgan fingerprint density at radius 3 is 2.43 bits per heavy atom. The van der Waals surface area contributed by atoms with Crippen molar-refractivity contribution in [3.8, 4) is 0 Å². The molecule has 8 heteroatoms. The van der Waals surface area contributed by atoms with Crippen LogP contribution >= 0.6 is 35.0 Å². The molecule has 4 nitrogen and oxygen atoms in total. The molecule has 1 aromatic carbocycles. The van der Waals surface area contributed by atoms with Crippen molar-refractivity contribution in [1.29, 1.82) is 0 Å². The third kappa shape index (κ3) is 4.27. The van der Waals surface area contributed by atoms with Crippen LogP contribution in [-0.2, 0) is 10.0 Å². The molecule has 0 aliphatic heterocycles. The van der Waals surface area contributed by atoms with E-state index in [9.17, 15) is 13.5 Å². The number of sulfonamides is 1. The van der Waals surface area contributed by atoms with E-state index < -0.39 is 16.1 Å². The molecule has 21 heavy (non-hydrogen) atoms. The molecule has 0 amide bonds. The number of halogens is 2. The standard InChI is InChI=1S/C13H19Cl2NO3S2/c1-7-5-10(14)8(2)13(12(7)15)21(18,19)16-9(3)11(6-17)20-4/h5,9,11,16-17H,6H2,1-4H3. The Bertz CT molecular complexity index is 590. The molecule has 0 radical (unpaired) electrons. The fraction of sp³-hybridized carbons (Fsp3) is 0.538. The van der Waals surface area contributed by atoms with Gasteiger partial charge in [-0.3, -0.25) is 0 Å². The van der Waals surface area contributed by atoms with Gasteiger partial charge in [0.2, 0.25) is 10.0 Å². The van der Waals surface area contributed by atoms with Gasteiger partial charge in [0.25, 0.3) is 0 Å². The molecular formula is C13H19Cl2NO3S2. The fourth-order valence-corrected chi connectivity index (χ4v) is 5.16. The minimum atomic E-state index is -3.82. The highest BCUT2D eigenvalue weighted by atomic mass is 35.5. The van der Waals surface area contributed by atoms with Crippen LogP contribution in [0.2, 0.25) is 10.0 Å². The Balaban J connectivity index is 3.27. The van der Waals surface area contributed by atoms with Crippen molar-refractivity contribution in [3.05, 3.63) is 27.2 Å². The lowest BCUT2D eigenvalue weighted by Crippen LogP contribution is -2.41. The van der Waals surface area contributed by atoms with Crippen molar-refractivity contribution < 1.29 is 13.5 Å². The maximum Gasteiger partial charge on any atom is 0.242 e. The monoisotopic (exact) mass is 371 g/mol. The van der Waals surface area contributed by atoms with Crippen LogP contribution in [0.1, 0.15) is 18.1 Å². The molecule has 2 atom stereocenters. The number of aliphatic hydroxyl groups excluding tert-OH is 1. The summed E-state index contributed by atoms with van der Waals surface area (Å²) in [6.45, 7) is 4.90. The van der Waals surface area contributed by atoms with E-state index in [1.165, 1.54) is 11.8 Å². The number of thioether (sulfide) groups is 1. The topological polar surface area (TPSA) is 66.4 Å². The van der Waals surface area contributed by atoms with Gasteiger partial charge in [-0.15, -0.1) is 0 Å². The smallest absolute Gasteiger partial charge is 0.242 e. The number of nitrogens with one attached hydrogen (secondary N) is 1. The Labute approximate surface area is 140 Å². The summed E-state index contributed by atoms with van der Waals surface area (Å²) in [6.07, 6.45) is 1.81. The van der Waals surface area contributed by atoms with Gasteiger partial charge < -0.3 is 5.11 Å². The van der Waals surface area contributed by atoms with Gasteiger partial charge in [0.05, 0.1) is 11.6 Å². The van der Waals surface area contributed by atoms with E-state index in [0.29, 0.717) is 16.1 Å². The first-order chi connectivity index (χ1) is 9.65. The lowest BCUT2D eigenvalue weighted by atomic mass is 10.2. The SMILES string of the molecule is CSC(CO)C(C)NS(=O)(=O)c1c(C)c(Cl)cc(C)c1Cl. The maximum absolute atomic E-state index is 12.6. The van der Waals surface area contributed by atoms with Gasteiger partial charge in [0.15, 0.2) is 0 Å². The molecule has 2 N–H and O–H groups in total. The lowest BCUT2D eigenvalue weighted by molar-refractivity contribution is 0.282. The number of hydrogen-bond acceptors (Lipinski definition) is 4. The average molecular weight is 372 g/mol. The van der Waals surface area contributed by atoms with E-state index in [-0.39, 0.29) is 21.8 Å². The molecule has 0 aromatic heterocycles. The summed E-state index contributed by atoms with van der Waals surface area (Å²) in [7, 11) is -3.82. The highest BCUT2D eigenvalue weighted by Crippen LogP contribution is 2.33. The Morgan fingerprint density at radius 2 is 1.95 bits per heavy atom. The molecule has 120 valence electrons. The van der Waals surface area contributed by atoms with Crippen molar-refractivity contribution in [3.63, 3.8) is 0 Å². The number of hydrogen-bond donors (Lipinski definition) is 2. The summed E-state index contributed by atoms with van der Waals surface area (Å²) >= 11 is 13.6. The minimum Gasteiger partial charge on any atom is -0.395 e. The molecule has 2 unspecified atom stereocenters. The fourth-order valence-electron chi connectivity index (χ4n) is 1.95. The number of rotatable bonds is 6. The van der Waals surface area contributed by atoms with Gasteiger partial charge in [0, 0.05) is 16.3 Å². The second-order valence-corrected chi connectivity index (χ2v) is 8.32. The zero-order valence-corrected chi connectivity index (χ0v) is 15.4. The Hall–Kier alpha value is 0.0200. The van der Waals surface area contributed by atoms with Crippen molar-refractivity contribution in [2.24, 2.45) is 0 Å². The van der Waals surface area contributed by atoms with Gasteiger partial charge in [-0.1, -0.05) is 23.2 Å². The molecule has 0 saturated heterocycles. The van der Waals surface area contributed by atoms with Crippen molar-refractivity contribution in [2.45, 2.75) is 37.0 Å². The first-order valence-corrected chi connectivity index (χ1v) is 9.79. The molecule has 0 saturated carbocycles. The van der Waals surface area contributed by atoms with Crippen LogP contribution in [0.4, 0.5) is 0 Å². The highest BCUT2D eigenvalue weighted by Gasteiger charge is 2.27. The van der Waals surface area contributed by atoms with E-state index >= 15 is 0 Å². The third-order valence-electron chi connectivity index (χ3n) is 3.24. The second kappa shape index (κ2) is 7.53. The Morgan fingerprint density at radius 1 is 1.38 bits per heavy atom. The van der Waals surface area contributed by atoms with Gasteiger partial charge in [-0.25, -0.2) is 13.1 Å². The zero-order chi connectivity index (χ0) is 16.4. The van der Waals surface area contributed by atoms with Crippen LogP contribution in [0.5, 0.6) is 0 Å². The van der Waals surface area contributed by atoms with Crippen LogP contribution < -0.4 is 4.72 Å². The van der Waals surface area contributed by atoms with E-state index in [1.807, 2.05) is 6.26 Å². The van der Waals surface area contributed by atoms with E-state index in [0.717, 1.165) is 0 Å². The van der Waals surface area contributed by atoms with Crippen molar-refractivity contribution in [1.82, 2.24) is 4.72 Å². The van der Waals surface area contributed by atoms with Crippen molar-refractivity contribution in [2.75, 3.05) is 12.9 Å². The van der Waals surface area contributed by atoms with Crippen LogP contribution in [-0.4, -0.2) is 37.7 Å². The van der Waals surface area contributed by atoms with E-state index in [1.54, 1.807) is 26.8 Å². The van der Waals surface area contributed by atoms with Crippen LogP contribution in [0.15, 0.2) is 11.0 Å².